The van der Waals surface area contributed by atoms with Gasteiger partial charge in [0.05, 0.1) is 17.9 Å². The lowest BCUT2D eigenvalue weighted by Crippen LogP contribution is -2.23. The number of hydrogen-bond acceptors (Lipinski definition) is 5. The Kier molecular flexibility index (Phi) is 3.99. The van der Waals surface area contributed by atoms with Gasteiger partial charge in [-0.05, 0) is 26.1 Å². The molecule has 25 heavy (non-hydrogen) atoms. The van der Waals surface area contributed by atoms with E-state index >= 15 is 0 Å². The molecule has 0 bridgehead atoms. The molecular formula is C18H19N7. The van der Waals surface area contributed by atoms with Crippen LogP contribution in [-0.4, -0.2) is 41.7 Å². The average molecular weight is 333 g/mol. The molecule has 0 saturated heterocycles. The van der Waals surface area contributed by atoms with Crippen LogP contribution < -0.4 is 0 Å². The van der Waals surface area contributed by atoms with Crippen LogP contribution in [0.2, 0.25) is 0 Å². The van der Waals surface area contributed by atoms with Gasteiger partial charge < -0.3 is 0 Å². The summed E-state index contributed by atoms with van der Waals surface area (Å²) < 4.78 is 1.69. The summed E-state index contributed by atoms with van der Waals surface area (Å²) in [7, 11) is 2.05. The lowest BCUT2D eigenvalue weighted by molar-refractivity contribution is 0.242. The Bertz CT molecular complexity index is 940. The maximum Gasteiger partial charge on any atom is 0.252 e. The highest BCUT2D eigenvalue weighted by atomic mass is 15.3. The van der Waals surface area contributed by atoms with Gasteiger partial charge in [-0.15, -0.1) is 5.10 Å². The molecule has 3 aromatic heterocycles. The van der Waals surface area contributed by atoms with E-state index in [0.29, 0.717) is 12.3 Å². The quantitative estimate of drug-likeness (QED) is 0.608. The number of nitrogens with zero attached hydrogens (tertiary/aromatic N) is 6. The molecule has 4 rings (SSSR count). The first kappa shape index (κ1) is 15.5. The molecule has 0 saturated carbocycles. The maximum atomic E-state index is 4.46. The van der Waals surface area contributed by atoms with Crippen LogP contribution in [0.5, 0.6) is 0 Å². The molecule has 0 aliphatic carbocycles. The molecule has 1 atom stereocenters. The van der Waals surface area contributed by atoms with Crippen LogP contribution in [0.4, 0.5) is 0 Å². The number of H-pyrrole nitrogens is 1. The van der Waals surface area contributed by atoms with Crippen molar-refractivity contribution in [2.24, 2.45) is 0 Å². The van der Waals surface area contributed by atoms with Gasteiger partial charge in [-0.2, -0.15) is 10.1 Å². The van der Waals surface area contributed by atoms with Crippen LogP contribution in [0.25, 0.3) is 17.0 Å². The zero-order valence-corrected chi connectivity index (χ0v) is 14.2. The van der Waals surface area contributed by atoms with E-state index < -0.39 is 0 Å². The number of hydrogen-bond donors (Lipinski definition) is 1. The van der Waals surface area contributed by atoms with Crippen molar-refractivity contribution in [1.82, 2.24) is 34.7 Å². The number of aromatic nitrogens is 6. The van der Waals surface area contributed by atoms with Gasteiger partial charge in [-0.3, -0.25) is 10.00 Å². The van der Waals surface area contributed by atoms with E-state index in [1.807, 2.05) is 37.5 Å². The smallest absolute Gasteiger partial charge is 0.252 e. The summed E-state index contributed by atoms with van der Waals surface area (Å²) >= 11 is 0. The van der Waals surface area contributed by atoms with E-state index in [0.717, 1.165) is 22.8 Å². The van der Waals surface area contributed by atoms with Gasteiger partial charge in [-0.25, -0.2) is 9.50 Å². The van der Waals surface area contributed by atoms with Gasteiger partial charge in [0.2, 0.25) is 0 Å². The van der Waals surface area contributed by atoms with Crippen LogP contribution >= 0.6 is 0 Å². The summed E-state index contributed by atoms with van der Waals surface area (Å²) in [5, 5.41) is 12.0. The molecular weight excluding hydrogens is 314 g/mol. The van der Waals surface area contributed by atoms with Crippen LogP contribution in [-0.2, 0) is 6.54 Å². The number of rotatable bonds is 5. The van der Waals surface area contributed by atoms with Gasteiger partial charge in [0.15, 0.2) is 5.82 Å². The highest BCUT2D eigenvalue weighted by Crippen LogP contribution is 2.23. The van der Waals surface area contributed by atoms with Crippen molar-refractivity contribution < 1.29 is 0 Å². The highest BCUT2D eigenvalue weighted by Gasteiger charge is 2.17. The molecule has 0 aliphatic heterocycles. The summed E-state index contributed by atoms with van der Waals surface area (Å²) in [6, 6.07) is 14.2. The van der Waals surface area contributed by atoms with E-state index in [1.54, 1.807) is 10.7 Å². The molecule has 1 N–H and O–H groups in total. The summed E-state index contributed by atoms with van der Waals surface area (Å²) in [5.74, 6) is 1.36. The molecule has 126 valence electrons. The van der Waals surface area contributed by atoms with Crippen molar-refractivity contribution in [1.29, 1.82) is 0 Å². The standard InChI is InChI=1S/C18H19N7/c1-13(15-11-16(22-21-15)14-7-4-3-5-8-14)24(2)12-17-20-18-19-9-6-10-25(18)23-17/h3-11,13H,12H2,1-2H3,(H,21,22)/t13-/m1/s1. The Hall–Kier alpha value is -3.06. The molecule has 3 heterocycles. The summed E-state index contributed by atoms with van der Waals surface area (Å²) in [4.78, 5) is 10.8. The Morgan fingerprint density at radius 2 is 2.04 bits per heavy atom. The first-order valence-electron chi connectivity index (χ1n) is 8.18. The number of benzene rings is 1. The first-order chi connectivity index (χ1) is 12.2. The third-order valence-corrected chi connectivity index (χ3v) is 4.33. The second-order valence-corrected chi connectivity index (χ2v) is 6.06. The zero-order chi connectivity index (χ0) is 17.2. The minimum atomic E-state index is 0.157. The van der Waals surface area contributed by atoms with Crippen LogP contribution in [0.15, 0.2) is 54.9 Å². The Labute approximate surface area is 145 Å². The SMILES string of the molecule is C[C@H](c1cc(-c2ccccc2)n[nH]1)N(C)Cc1nc2ncccn2n1. The molecule has 0 fully saturated rings. The van der Waals surface area contributed by atoms with Crippen molar-refractivity contribution in [3.63, 3.8) is 0 Å². The Morgan fingerprint density at radius 3 is 2.84 bits per heavy atom. The number of fused-ring (bicyclic) bond motifs is 1. The predicted molar refractivity (Wildman–Crippen MR) is 94.7 cm³/mol. The largest absolute Gasteiger partial charge is 0.291 e. The van der Waals surface area contributed by atoms with Crippen LogP contribution in [0.3, 0.4) is 0 Å². The van der Waals surface area contributed by atoms with Crippen molar-refractivity contribution in [2.45, 2.75) is 19.5 Å². The van der Waals surface area contributed by atoms with Gasteiger partial charge >= 0.3 is 0 Å². The predicted octanol–water partition coefficient (Wildman–Crippen LogP) is 2.71. The van der Waals surface area contributed by atoms with Crippen molar-refractivity contribution in [3.8, 4) is 11.3 Å². The molecule has 0 unspecified atom stereocenters. The molecule has 7 nitrogen and oxygen atoms in total. The average Bonchev–Trinajstić information content (AvgIpc) is 3.28. The molecule has 0 spiro atoms. The molecule has 0 amide bonds. The van der Waals surface area contributed by atoms with Gasteiger partial charge in [0.1, 0.15) is 0 Å². The van der Waals surface area contributed by atoms with E-state index in [4.69, 9.17) is 0 Å². The lowest BCUT2D eigenvalue weighted by atomic mass is 10.1. The second-order valence-electron chi connectivity index (χ2n) is 6.06. The summed E-state index contributed by atoms with van der Waals surface area (Å²) in [5.41, 5.74) is 3.11. The van der Waals surface area contributed by atoms with Gasteiger partial charge in [-0.1, -0.05) is 30.3 Å². The topological polar surface area (TPSA) is 75.0 Å². The van der Waals surface area contributed by atoms with Crippen molar-refractivity contribution >= 4 is 5.78 Å². The van der Waals surface area contributed by atoms with E-state index in [2.05, 4.69) is 55.3 Å². The van der Waals surface area contributed by atoms with Crippen molar-refractivity contribution in [3.05, 3.63) is 66.4 Å². The summed E-state index contributed by atoms with van der Waals surface area (Å²) in [6.07, 6.45) is 3.57. The van der Waals surface area contributed by atoms with E-state index in [-0.39, 0.29) is 6.04 Å². The fraction of sp³-hybridized carbons (Fsp3) is 0.222. The van der Waals surface area contributed by atoms with Crippen LogP contribution in [0, 0.1) is 0 Å². The van der Waals surface area contributed by atoms with Crippen molar-refractivity contribution in [2.75, 3.05) is 7.05 Å². The Balaban J connectivity index is 1.50. The highest BCUT2D eigenvalue weighted by molar-refractivity contribution is 5.59. The normalized spacial score (nSPS) is 12.8. The van der Waals surface area contributed by atoms with Gasteiger partial charge in [0.25, 0.3) is 5.78 Å². The minimum Gasteiger partial charge on any atom is -0.291 e. The van der Waals surface area contributed by atoms with E-state index in [9.17, 15) is 0 Å². The second kappa shape index (κ2) is 6.45. The molecule has 7 heteroatoms. The van der Waals surface area contributed by atoms with Crippen LogP contribution in [0.1, 0.15) is 24.5 Å². The molecule has 0 radical (unpaired) electrons. The van der Waals surface area contributed by atoms with Gasteiger partial charge in [0, 0.05) is 24.0 Å². The minimum absolute atomic E-state index is 0.157. The third kappa shape index (κ3) is 3.14. The zero-order valence-electron chi connectivity index (χ0n) is 14.2. The maximum absolute atomic E-state index is 4.46. The number of nitrogens with one attached hydrogen (secondary N) is 1. The molecule has 1 aromatic carbocycles. The monoisotopic (exact) mass is 333 g/mol. The molecule has 4 aromatic rings. The lowest BCUT2D eigenvalue weighted by Gasteiger charge is -2.21. The fourth-order valence-corrected chi connectivity index (χ4v) is 2.75. The first-order valence-corrected chi connectivity index (χ1v) is 8.18. The van der Waals surface area contributed by atoms with E-state index in [1.165, 1.54) is 0 Å². The Morgan fingerprint density at radius 1 is 1.20 bits per heavy atom. The third-order valence-electron chi connectivity index (χ3n) is 4.33. The molecule has 0 aliphatic rings. The number of aromatic amines is 1. The summed E-state index contributed by atoms with van der Waals surface area (Å²) in [6.45, 7) is 2.76. The fourth-order valence-electron chi connectivity index (χ4n) is 2.75.